The molecule has 9 rings (SSSR count). The molecule has 8 N–H and O–H groups in total. The maximum atomic E-state index is 13.4. The summed E-state index contributed by atoms with van der Waals surface area (Å²) in [5.41, 5.74) is 6.64. The number of aliphatic hydroxyl groups excluding tert-OH is 5. The zero-order valence-electron chi connectivity index (χ0n) is 31.9. The molecule has 4 fully saturated rings. The Kier molecular flexibility index (Phi) is 11.3. The lowest BCUT2D eigenvalue weighted by molar-refractivity contribution is -0.364. The second-order valence-corrected chi connectivity index (χ2v) is 14.8. The normalized spacial score (nSPS) is 35.4. The predicted molar refractivity (Wildman–Crippen MR) is 194 cm³/mol. The number of methoxy groups -OCH3 is 2. The minimum absolute atomic E-state index is 0.0301. The number of anilines is 1. The number of aromatic nitrogens is 2. The number of nitrogen functional groups attached to an aromatic ring is 1. The average molecular weight is 832 g/mol. The van der Waals surface area contributed by atoms with E-state index in [1.807, 2.05) is 0 Å². The number of phenols is 1. The van der Waals surface area contributed by atoms with Crippen LogP contribution in [0.3, 0.4) is 0 Å². The molecule has 6 aliphatic rings. The number of esters is 1. The minimum atomic E-state index is -1.44. The number of aliphatic hydroxyl groups is 5. The number of hydrogen-bond donors (Lipinski definition) is 7. The molecule has 59 heavy (non-hydrogen) atoms. The largest absolute Gasteiger partial charge is 0.502 e. The van der Waals surface area contributed by atoms with Gasteiger partial charge in [-0.15, -0.1) is 0 Å². The van der Waals surface area contributed by atoms with Gasteiger partial charge in [0.25, 0.3) is 0 Å². The number of carbonyl (C=O) groups is 1. The van der Waals surface area contributed by atoms with Gasteiger partial charge in [0, 0.05) is 18.0 Å². The van der Waals surface area contributed by atoms with Gasteiger partial charge in [0.15, 0.2) is 41.8 Å². The van der Waals surface area contributed by atoms with E-state index in [4.69, 9.17) is 58.2 Å². The predicted octanol–water partition coefficient (Wildman–Crippen LogP) is -1.22. The van der Waals surface area contributed by atoms with Gasteiger partial charge in [-0.05, 0) is 53.9 Å². The summed E-state index contributed by atoms with van der Waals surface area (Å²) in [7, 11) is 2.86. The second kappa shape index (κ2) is 16.3. The fraction of sp³-hybridized carbons (Fsp3) is 0.553. The Morgan fingerprint density at radius 2 is 1.58 bits per heavy atom. The van der Waals surface area contributed by atoms with E-state index < -0.39 is 104 Å². The van der Waals surface area contributed by atoms with Gasteiger partial charge in [-0.3, -0.25) is 9.36 Å². The van der Waals surface area contributed by atoms with Crippen LogP contribution in [-0.4, -0.2) is 142 Å². The summed E-state index contributed by atoms with van der Waals surface area (Å²) in [4.78, 5) is 28.4. The molecule has 0 spiro atoms. The van der Waals surface area contributed by atoms with Crippen LogP contribution < -0.4 is 30.4 Å². The lowest BCUT2D eigenvalue weighted by atomic mass is 9.66. The quantitative estimate of drug-likeness (QED) is 0.137. The Morgan fingerprint density at radius 3 is 2.22 bits per heavy atom. The van der Waals surface area contributed by atoms with Gasteiger partial charge in [-0.2, -0.15) is 4.98 Å². The number of hydrogen-bond acceptors (Lipinski definition) is 20. The van der Waals surface area contributed by atoms with Gasteiger partial charge in [0.2, 0.25) is 12.5 Å². The molecule has 21 nitrogen and oxygen atoms in total. The van der Waals surface area contributed by atoms with Crippen LogP contribution in [0.1, 0.15) is 41.9 Å². The van der Waals surface area contributed by atoms with Crippen LogP contribution in [0, 0.1) is 11.8 Å². The summed E-state index contributed by atoms with van der Waals surface area (Å²) >= 11 is 0. The fourth-order valence-electron chi connectivity index (χ4n) is 8.46. The fourth-order valence-corrected chi connectivity index (χ4v) is 8.46. The van der Waals surface area contributed by atoms with Crippen molar-refractivity contribution < 1.29 is 82.8 Å². The number of fused-ring (bicyclic) bond motifs is 4. The van der Waals surface area contributed by atoms with Crippen LogP contribution in [0.15, 0.2) is 41.3 Å². The van der Waals surface area contributed by atoms with E-state index in [1.54, 1.807) is 31.2 Å². The van der Waals surface area contributed by atoms with Crippen molar-refractivity contribution in [2.75, 3.05) is 46.6 Å². The zero-order chi connectivity index (χ0) is 41.9. The van der Waals surface area contributed by atoms with Gasteiger partial charge in [0.05, 0.1) is 46.1 Å². The Bertz CT molecular complexity index is 2080. The van der Waals surface area contributed by atoms with Crippen molar-refractivity contribution in [1.82, 2.24) is 9.55 Å². The van der Waals surface area contributed by atoms with Crippen molar-refractivity contribution in [3.8, 4) is 28.7 Å². The van der Waals surface area contributed by atoms with Crippen molar-refractivity contribution >= 4 is 11.8 Å². The minimum Gasteiger partial charge on any atom is -0.502 e. The maximum Gasteiger partial charge on any atom is 0.351 e. The molecule has 0 unspecified atom stereocenters. The highest BCUT2D eigenvalue weighted by Gasteiger charge is 2.56. The van der Waals surface area contributed by atoms with E-state index in [9.17, 15) is 35.1 Å². The van der Waals surface area contributed by atoms with Crippen molar-refractivity contribution in [2.45, 2.75) is 80.5 Å². The van der Waals surface area contributed by atoms with Crippen molar-refractivity contribution in [3.63, 3.8) is 0 Å². The van der Waals surface area contributed by atoms with Gasteiger partial charge < -0.3 is 83.7 Å². The summed E-state index contributed by atoms with van der Waals surface area (Å²) in [6, 6.07) is 8.30. The van der Waals surface area contributed by atoms with Crippen LogP contribution >= 0.6 is 0 Å². The molecule has 6 heterocycles. The zero-order valence-corrected chi connectivity index (χ0v) is 31.9. The SMILES string of the molecule is COc1cc([C@@H]2c3cc4c(cc3[C@@H](O[C@@H]3O[C@@H]5CO[C@@H](C)O[C@H]5[C@H](O)[C@H]3O)[C@H]3COC(=O)[C@H]23)OCO4)cc(OC)c1O.Nc1ccn([C@@H]2O[C@H](CO)[C@@H](O)[C@@H]2O)c(=O)n1. The molecule has 21 heteroatoms. The highest BCUT2D eigenvalue weighted by atomic mass is 16.8. The molecular weight excluding hydrogens is 786 g/mol. The monoisotopic (exact) mass is 831 g/mol. The lowest BCUT2D eigenvalue weighted by Gasteiger charge is -2.47. The molecule has 5 aliphatic heterocycles. The van der Waals surface area contributed by atoms with Crippen molar-refractivity contribution in [3.05, 3.63) is 63.7 Å². The second-order valence-electron chi connectivity index (χ2n) is 14.8. The van der Waals surface area contributed by atoms with Crippen molar-refractivity contribution in [1.29, 1.82) is 0 Å². The number of carbonyl (C=O) groups excluding carboxylic acids is 1. The molecule has 0 radical (unpaired) electrons. The third-order valence-electron chi connectivity index (χ3n) is 11.4. The number of aromatic hydroxyl groups is 1. The summed E-state index contributed by atoms with van der Waals surface area (Å²) in [6.45, 7) is 1.48. The van der Waals surface area contributed by atoms with Crippen LogP contribution in [0.5, 0.6) is 28.7 Å². The van der Waals surface area contributed by atoms with Gasteiger partial charge in [0.1, 0.15) is 48.5 Å². The molecule has 3 aromatic rings. The van der Waals surface area contributed by atoms with E-state index in [-0.39, 0.29) is 43.1 Å². The third kappa shape index (κ3) is 7.30. The van der Waals surface area contributed by atoms with Gasteiger partial charge in [-0.1, -0.05) is 0 Å². The van der Waals surface area contributed by atoms with E-state index in [0.29, 0.717) is 28.2 Å². The number of rotatable bonds is 7. The molecule has 4 saturated heterocycles. The van der Waals surface area contributed by atoms with E-state index in [1.165, 1.54) is 26.5 Å². The van der Waals surface area contributed by atoms with E-state index >= 15 is 0 Å². The Hall–Kier alpha value is -4.81. The first-order valence-corrected chi connectivity index (χ1v) is 18.8. The summed E-state index contributed by atoms with van der Waals surface area (Å²) in [5.74, 6) is -0.971. The van der Waals surface area contributed by atoms with Gasteiger partial charge in [-0.25, -0.2) is 4.79 Å². The number of benzene rings is 2. The van der Waals surface area contributed by atoms with Crippen LogP contribution in [0.4, 0.5) is 5.82 Å². The van der Waals surface area contributed by atoms with Crippen LogP contribution in [0.25, 0.3) is 0 Å². The molecule has 0 bridgehead atoms. The first-order valence-electron chi connectivity index (χ1n) is 18.8. The molecular formula is C38H45N3O18. The van der Waals surface area contributed by atoms with E-state index in [0.717, 1.165) is 4.57 Å². The molecule has 1 aliphatic carbocycles. The molecule has 320 valence electrons. The Balaban J connectivity index is 0.000000238. The lowest BCUT2D eigenvalue weighted by Crippen LogP contribution is -2.63. The smallest absolute Gasteiger partial charge is 0.351 e. The number of phenolic OH excluding ortho intramolecular Hbond substituents is 1. The summed E-state index contributed by atoms with van der Waals surface area (Å²) in [6.07, 6.45) is -10.1. The number of nitrogens with zero attached hydrogens (tertiary/aromatic N) is 2. The summed E-state index contributed by atoms with van der Waals surface area (Å²) in [5, 5.41) is 60.7. The molecule has 0 amide bonds. The van der Waals surface area contributed by atoms with Crippen molar-refractivity contribution in [2.24, 2.45) is 11.8 Å². The number of ether oxygens (including phenoxy) is 10. The number of cyclic esters (lactones) is 1. The number of nitrogens with two attached hydrogens (primary N) is 1. The third-order valence-corrected chi connectivity index (χ3v) is 11.4. The first kappa shape index (κ1) is 40.9. The standard InChI is InChI=1S/C29H32O13.C9H13N3O5/c1-11-36-9-20-27(40-11)24(31)25(32)29(41-20)42-26-14-7-17-16(38-10-39-17)6-13(14)21(22-15(26)8-37-28(22)33)12-4-18(34-2)23(30)19(5-12)35-3;10-5-1-2-12(9(16)11-5)8-7(15)6(14)4(3-13)17-8/h4-7,11,15,20-22,24-27,29-32H,8-10H2,1-3H3;1-2,4,6-8,13-15H,3H2,(H2,10,11,16)/t11-,15+,20-,21-,22+,24-,25-,26-,27-,29+;4-,6-,7+,8-/m11/s1. The highest BCUT2D eigenvalue weighted by molar-refractivity contribution is 5.79. The Labute approximate surface area is 335 Å². The Morgan fingerprint density at radius 1 is 0.881 bits per heavy atom. The van der Waals surface area contributed by atoms with Crippen LogP contribution in [0.2, 0.25) is 0 Å². The average Bonchev–Trinajstić information content (AvgIpc) is 3.93. The first-order chi connectivity index (χ1) is 28.3. The van der Waals surface area contributed by atoms with Crippen LogP contribution in [-0.2, 0) is 33.2 Å². The molecule has 0 saturated carbocycles. The molecule has 2 aromatic carbocycles. The maximum absolute atomic E-state index is 13.4. The van der Waals surface area contributed by atoms with E-state index in [2.05, 4.69) is 4.98 Å². The highest BCUT2D eigenvalue weighted by Crippen LogP contribution is 2.57. The summed E-state index contributed by atoms with van der Waals surface area (Å²) < 4.78 is 57.7. The van der Waals surface area contributed by atoms with Gasteiger partial charge >= 0.3 is 11.7 Å². The molecule has 1 aromatic heterocycles. The topological polar surface area (TPSA) is 292 Å². The molecule has 14 atom stereocenters.